The van der Waals surface area contributed by atoms with Gasteiger partial charge in [0, 0.05) is 0 Å². The average Bonchev–Trinajstić information content (AvgIpc) is 2.46. The monoisotopic (exact) mass is 368 g/mol. The Morgan fingerprint density at radius 3 is 2.14 bits per heavy atom. The minimum Gasteiger partial charge on any atom is -0.496 e. The smallest absolute Gasteiger partial charge is 0.133 e. The lowest BCUT2D eigenvalue weighted by molar-refractivity contribution is 0.242. The van der Waals surface area contributed by atoms with Gasteiger partial charge in [0.2, 0.25) is 0 Å². The molecule has 112 valence electrons. The molecule has 2 nitrogen and oxygen atoms in total. The van der Waals surface area contributed by atoms with Crippen LogP contribution in [0.4, 0.5) is 0 Å². The van der Waals surface area contributed by atoms with Crippen LogP contribution in [0.15, 0.2) is 46.9 Å². The summed E-state index contributed by atoms with van der Waals surface area (Å²) in [6, 6.07) is 13.7. The summed E-state index contributed by atoms with van der Waals surface area (Å²) in [6.07, 6.45) is 0.167. The highest BCUT2D eigenvalue weighted by Gasteiger charge is 2.13. The normalized spacial score (nSPS) is 12.3. The highest BCUT2D eigenvalue weighted by Crippen LogP contribution is 2.34. The van der Waals surface area contributed by atoms with Gasteiger partial charge in [-0.05, 0) is 65.2 Å². The highest BCUT2D eigenvalue weighted by molar-refractivity contribution is 9.10. The van der Waals surface area contributed by atoms with Gasteiger partial charge in [0.05, 0.1) is 23.1 Å². The summed E-state index contributed by atoms with van der Waals surface area (Å²) in [5.74, 6) is 1.65. The van der Waals surface area contributed by atoms with Crippen molar-refractivity contribution in [2.45, 2.75) is 25.3 Å². The van der Waals surface area contributed by atoms with E-state index in [-0.39, 0.29) is 11.5 Å². The molecule has 2 aromatic rings. The van der Waals surface area contributed by atoms with Gasteiger partial charge >= 0.3 is 0 Å². The van der Waals surface area contributed by atoms with E-state index < -0.39 is 0 Å². The fourth-order valence-corrected chi connectivity index (χ4v) is 2.86. The van der Waals surface area contributed by atoms with Crippen LogP contribution >= 0.6 is 27.5 Å². The summed E-state index contributed by atoms with van der Waals surface area (Å²) in [6.45, 7) is 4.01. The number of methoxy groups -OCH3 is 1. The molecule has 1 unspecified atom stereocenters. The van der Waals surface area contributed by atoms with Gasteiger partial charge in [0.15, 0.2) is 0 Å². The van der Waals surface area contributed by atoms with Crippen LogP contribution in [0.3, 0.4) is 0 Å². The fourth-order valence-electron chi connectivity index (χ4n) is 2.02. The molecule has 2 aromatic carbocycles. The fraction of sp³-hybridized carbons (Fsp3) is 0.294. The van der Waals surface area contributed by atoms with Crippen molar-refractivity contribution in [2.24, 2.45) is 0 Å². The van der Waals surface area contributed by atoms with Gasteiger partial charge in [-0.1, -0.05) is 18.2 Å². The third-order valence-corrected chi connectivity index (χ3v) is 4.14. The summed E-state index contributed by atoms with van der Waals surface area (Å²) >= 11 is 10.0. The topological polar surface area (TPSA) is 18.5 Å². The van der Waals surface area contributed by atoms with Crippen molar-refractivity contribution >= 4 is 27.5 Å². The molecule has 21 heavy (non-hydrogen) atoms. The van der Waals surface area contributed by atoms with Crippen LogP contribution in [-0.4, -0.2) is 13.2 Å². The zero-order valence-electron chi connectivity index (χ0n) is 12.3. The Balaban J connectivity index is 2.19. The molecule has 0 spiro atoms. The summed E-state index contributed by atoms with van der Waals surface area (Å²) in [4.78, 5) is 0. The quantitative estimate of drug-likeness (QED) is 0.641. The van der Waals surface area contributed by atoms with Crippen LogP contribution < -0.4 is 9.47 Å². The molecule has 0 radical (unpaired) electrons. The minimum atomic E-state index is -0.208. The number of halogens is 2. The highest BCUT2D eigenvalue weighted by atomic mass is 79.9. The SMILES string of the molecule is COc1ccc(C(Cl)c2ccc(OC(C)C)cc2)cc1Br. The number of hydrogen-bond donors (Lipinski definition) is 0. The molecule has 0 saturated heterocycles. The molecule has 0 fully saturated rings. The molecule has 0 heterocycles. The van der Waals surface area contributed by atoms with E-state index in [9.17, 15) is 0 Å². The van der Waals surface area contributed by atoms with Crippen molar-refractivity contribution < 1.29 is 9.47 Å². The lowest BCUT2D eigenvalue weighted by Crippen LogP contribution is -2.05. The molecule has 0 aliphatic rings. The van der Waals surface area contributed by atoms with Crippen molar-refractivity contribution in [1.82, 2.24) is 0 Å². The van der Waals surface area contributed by atoms with E-state index in [1.165, 1.54) is 0 Å². The van der Waals surface area contributed by atoms with Gasteiger partial charge in [-0.25, -0.2) is 0 Å². The number of ether oxygens (including phenoxy) is 2. The summed E-state index contributed by atoms with van der Waals surface area (Å²) in [5.41, 5.74) is 2.05. The maximum absolute atomic E-state index is 6.55. The van der Waals surface area contributed by atoms with E-state index >= 15 is 0 Å². The number of rotatable bonds is 5. The van der Waals surface area contributed by atoms with E-state index in [0.29, 0.717) is 0 Å². The first-order valence-corrected chi connectivity index (χ1v) is 7.98. The number of alkyl halides is 1. The third-order valence-electron chi connectivity index (χ3n) is 3.01. The van der Waals surface area contributed by atoms with E-state index in [4.69, 9.17) is 21.1 Å². The summed E-state index contributed by atoms with van der Waals surface area (Å²) in [5, 5.41) is -0.208. The van der Waals surface area contributed by atoms with E-state index in [1.54, 1.807) is 7.11 Å². The Bertz CT molecular complexity index is 596. The molecule has 2 rings (SSSR count). The second kappa shape index (κ2) is 7.19. The third kappa shape index (κ3) is 4.14. The molecular weight excluding hydrogens is 352 g/mol. The van der Waals surface area contributed by atoms with Crippen molar-refractivity contribution in [2.75, 3.05) is 7.11 Å². The Morgan fingerprint density at radius 2 is 1.62 bits per heavy atom. The van der Waals surface area contributed by atoms with Gasteiger partial charge in [-0.15, -0.1) is 11.6 Å². The van der Waals surface area contributed by atoms with Crippen LogP contribution in [0.1, 0.15) is 30.4 Å². The van der Waals surface area contributed by atoms with E-state index in [0.717, 1.165) is 27.1 Å². The minimum absolute atomic E-state index is 0.167. The van der Waals surface area contributed by atoms with Gasteiger partial charge in [0.1, 0.15) is 11.5 Å². The van der Waals surface area contributed by atoms with Crippen molar-refractivity contribution in [3.8, 4) is 11.5 Å². The van der Waals surface area contributed by atoms with Gasteiger partial charge < -0.3 is 9.47 Å². The second-order valence-electron chi connectivity index (χ2n) is 4.99. The molecule has 0 aliphatic carbocycles. The molecule has 4 heteroatoms. The predicted molar refractivity (Wildman–Crippen MR) is 90.6 cm³/mol. The number of hydrogen-bond acceptors (Lipinski definition) is 2. The molecule has 0 N–H and O–H groups in total. The lowest BCUT2D eigenvalue weighted by atomic mass is 10.0. The van der Waals surface area contributed by atoms with E-state index in [1.807, 2.05) is 56.3 Å². The van der Waals surface area contributed by atoms with Crippen LogP contribution in [0.5, 0.6) is 11.5 Å². The summed E-state index contributed by atoms with van der Waals surface area (Å²) < 4.78 is 11.8. The zero-order chi connectivity index (χ0) is 15.4. The van der Waals surface area contributed by atoms with Crippen molar-refractivity contribution in [3.05, 3.63) is 58.1 Å². The molecular formula is C17H18BrClO2. The Labute approximate surface area is 139 Å². The van der Waals surface area contributed by atoms with Crippen LogP contribution in [-0.2, 0) is 0 Å². The molecule has 0 aromatic heterocycles. The number of benzene rings is 2. The van der Waals surface area contributed by atoms with Gasteiger partial charge in [-0.3, -0.25) is 0 Å². The largest absolute Gasteiger partial charge is 0.496 e. The predicted octanol–water partition coefficient (Wildman–Crippen LogP) is 5.57. The molecule has 0 amide bonds. The summed E-state index contributed by atoms with van der Waals surface area (Å²) in [7, 11) is 1.64. The maximum Gasteiger partial charge on any atom is 0.133 e. The molecule has 0 aliphatic heterocycles. The zero-order valence-corrected chi connectivity index (χ0v) is 14.6. The van der Waals surface area contributed by atoms with Crippen molar-refractivity contribution in [3.63, 3.8) is 0 Å². The van der Waals surface area contributed by atoms with Crippen molar-refractivity contribution in [1.29, 1.82) is 0 Å². The van der Waals surface area contributed by atoms with Crippen LogP contribution in [0.2, 0.25) is 0 Å². The first-order chi connectivity index (χ1) is 10.0. The maximum atomic E-state index is 6.55. The van der Waals surface area contributed by atoms with Gasteiger partial charge in [0.25, 0.3) is 0 Å². The Hall–Kier alpha value is -1.19. The average molecular weight is 370 g/mol. The van der Waals surface area contributed by atoms with E-state index in [2.05, 4.69) is 15.9 Å². The Kier molecular flexibility index (Phi) is 5.54. The van der Waals surface area contributed by atoms with Crippen LogP contribution in [0, 0.1) is 0 Å². The standard InChI is InChI=1S/C17H18BrClO2/c1-11(2)21-14-7-4-12(5-8-14)17(19)13-6-9-16(20-3)15(18)10-13/h4-11,17H,1-3H3. The second-order valence-corrected chi connectivity index (χ2v) is 6.28. The molecule has 0 bridgehead atoms. The molecule has 0 saturated carbocycles. The first kappa shape index (κ1) is 16.2. The lowest BCUT2D eigenvalue weighted by Gasteiger charge is -2.14. The van der Waals surface area contributed by atoms with Crippen LogP contribution in [0.25, 0.3) is 0 Å². The van der Waals surface area contributed by atoms with Gasteiger partial charge in [-0.2, -0.15) is 0 Å². The Morgan fingerprint density at radius 1 is 1.00 bits per heavy atom. The molecule has 1 atom stereocenters. The first-order valence-electron chi connectivity index (χ1n) is 6.75.